The first-order chi connectivity index (χ1) is 15.2. The minimum atomic E-state index is -0.407. The number of ether oxygens (including phenoxy) is 4. The third-order valence-corrected chi connectivity index (χ3v) is 5.15. The fraction of sp³-hybridized carbons (Fsp3) is 0.417. The number of carbonyl (C=O) groups excluding carboxylic acids is 2. The Kier molecular flexibility index (Phi) is 9.19. The van der Waals surface area contributed by atoms with Gasteiger partial charge in [-0.1, -0.05) is 12.1 Å². The molecule has 0 spiro atoms. The second kappa shape index (κ2) is 11.8. The Hall–Kier alpha value is -3.42. The molecular formula is C24H30O8. The van der Waals surface area contributed by atoms with E-state index in [0.29, 0.717) is 24.3 Å². The number of esters is 2. The second-order valence-electron chi connectivity index (χ2n) is 7.55. The molecule has 8 nitrogen and oxygen atoms in total. The van der Waals surface area contributed by atoms with Crippen molar-refractivity contribution >= 4 is 11.9 Å². The Morgan fingerprint density at radius 2 is 1.12 bits per heavy atom. The molecule has 0 aromatic heterocycles. The molecule has 2 aromatic rings. The third kappa shape index (κ3) is 7.37. The van der Waals surface area contributed by atoms with Gasteiger partial charge in [0.05, 0.1) is 27.4 Å². The first-order valence-electron chi connectivity index (χ1n) is 10.2. The molecular weight excluding hydrogens is 416 g/mol. The molecule has 2 aromatic carbocycles. The maximum absolute atomic E-state index is 11.5. The van der Waals surface area contributed by atoms with Crippen LogP contribution >= 0.6 is 0 Å². The summed E-state index contributed by atoms with van der Waals surface area (Å²) in [6.45, 7) is 2.93. The average molecular weight is 446 g/mol. The number of phenols is 2. The summed E-state index contributed by atoms with van der Waals surface area (Å²) in [6, 6.07) is 10.1. The summed E-state index contributed by atoms with van der Waals surface area (Å²) in [6.07, 6.45) is 0.982. The first kappa shape index (κ1) is 24.8. The van der Waals surface area contributed by atoms with Crippen LogP contribution in [-0.2, 0) is 31.9 Å². The SMILES string of the molecule is COc1cc(CC(COC(C)=O)C(COC(C)=O)Cc2ccc(O)c(OC)c2)ccc1O. The van der Waals surface area contributed by atoms with Crippen molar-refractivity contribution in [3.63, 3.8) is 0 Å². The lowest BCUT2D eigenvalue weighted by Crippen LogP contribution is -2.29. The normalized spacial score (nSPS) is 12.5. The lowest BCUT2D eigenvalue weighted by atomic mass is 9.83. The second-order valence-corrected chi connectivity index (χ2v) is 7.55. The number of carbonyl (C=O) groups is 2. The molecule has 0 bridgehead atoms. The molecule has 0 radical (unpaired) electrons. The van der Waals surface area contributed by atoms with E-state index in [4.69, 9.17) is 18.9 Å². The van der Waals surface area contributed by atoms with Crippen LogP contribution in [-0.4, -0.2) is 49.6 Å². The topological polar surface area (TPSA) is 112 Å². The predicted octanol–water partition coefficient (Wildman–Crippen LogP) is 3.26. The Balaban J connectivity index is 2.34. The number of hydrogen-bond donors (Lipinski definition) is 2. The summed E-state index contributed by atoms with van der Waals surface area (Å²) in [7, 11) is 2.94. The molecule has 2 N–H and O–H groups in total. The van der Waals surface area contributed by atoms with Crippen molar-refractivity contribution < 1.29 is 38.7 Å². The maximum atomic E-state index is 11.5. The van der Waals surface area contributed by atoms with Gasteiger partial charge in [0.25, 0.3) is 0 Å². The van der Waals surface area contributed by atoms with Gasteiger partial charge >= 0.3 is 11.9 Å². The number of phenolic OH excluding ortho intramolecular Hbond substituents is 2. The smallest absolute Gasteiger partial charge is 0.302 e. The summed E-state index contributed by atoms with van der Waals surface area (Å²) in [5.74, 6) is -0.478. The van der Waals surface area contributed by atoms with Crippen molar-refractivity contribution in [3.8, 4) is 23.0 Å². The minimum absolute atomic E-state index is 0.0282. The molecule has 0 saturated heterocycles. The molecule has 8 heteroatoms. The lowest BCUT2D eigenvalue weighted by molar-refractivity contribution is -0.147. The largest absolute Gasteiger partial charge is 0.504 e. The van der Waals surface area contributed by atoms with Crippen LogP contribution < -0.4 is 9.47 Å². The molecule has 0 aliphatic carbocycles. The van der Waals surface area contributed by atoms with Crippen LogP contribution in [0.2, 0.25) is 0 Å². The van der Waals surface area contributed by atoms with Crippen molar-refractivity contribution in [1.29, 1.82) is 0 Å². The van der Waals surface area contributed by atoms with Crippen LogP contribution in [0.3, 0.4) is 0 Å². The monoisotopic (exact) mass is 446 g/mol. The number of benzene rings is 2. The fourth-order valence-corrected chi connectivity index (χ4v) is 3.48. The number of hydrogen-bond acceptors (Lipinski definition) is 8. The van der Waals surface area contributed by atoms with Gasteiger partial charge in [-0.05, 0) is 48.2 Å². The van der Waals surface area contributed by atoms with E-state index >= 15 is 0 Å². The lowest BCUT2D eigenvalue weighted by Gasteiger charge is -2.27. The van der Waals surface area contributed by atoms with Crippen LogP contribution in [0.15, 0.2) is 36.4 Å². The molecule has 0 aliphatic heterocycles. The van der Waals surface area contributed by atoms with Gasteiger partial charge in [0.15, 0.2) is 23.0 Å². The Labute approximate surface area is 187 Å². The first-order valence-corrected chi connectivity index (χ1v) is 10.2. The Morgan fingerprint density at radius 3 is 1.44 bits per heavy atom. The highest BCUT2D eigenvalue weighted by Gasteiger charge is 2.26. The van der Waals surface area contributed by atoms with Crippen LogP contribution in [0, 0.1) is 11.8 Å². The summed E-state index contributed by atoms with van der Waals surface area (Å²) >= 11 is 0. The molecule has 2 rings (SSSR count). The van der Waals surface area contributed by atoms with Crippen LogP contribution in [0.4, 0.5) is 0 Å². The van der Waals surface area contributed by atoms with Crippen LogP contribution in [0.1, 0.15) is 25.0 Å². The van der Waals surface area contributed by atoms with E-state index in [1.807, 2.05) is 0 Å². The Bertz CT molecular complexity index is 849. The molecule has 0 heterocycles. The number of methoxy groups -OCH3 is 2. The fourth-order valence-electron chi connectivity index (χ4n) is 3.48. The molecule has 2 atom stereocenters. The number of aromatic hydroxyl groups is 2. The zero-order valence-electron chi connectivity index (χ0n) is 18.8. The molecule has 0 aliphatic rings. The van der Waals surface area contributed by atoms with Crippen molar-refractivity contribution in [2.75, 3.05) is 27.4 Å². The Morgan fingerprint density at radius 1 is 0.750 bits per heavy atom. The van der Waals surface area contributed by atoms with Crippen molar-refractivity contribution in [1.82, 2.24) is 0 Å². The van der Waals surface area contributed by atoms with Crippen molar-refractivity contribution in [2.24, 2.45) is 11.8 Å². The zero-order valence-corrected chi connectivity index (χ0v) is 18.8. The van der Waals surface area contributed by atoms with E-state index in [1.165, 1.54) is 28.1 Å². The van der Waals surface area contributed by atoms with Gasteiger partial charge in [0.1, 0.15) is 0 Å². The highest BCUT2D eigenvalue weighted by atomic mass is 16.5. The van der Waals surface area contributed by atoms with Gasteiger partial charge in [0, 0.05) is 25.7 Å². The van der Waals surface area contributed by atoms with Crippen molar-refractivity contribution in [2.45, 2.75) is 26.7 Å². The van der Waals surface area contributed by atoms with E-state index in [1.54, 1.807) is 36.4 Å². The van der Waals surface area contributed by atoms with E-state index in [0.717, 1.165) is 11.1 Å². The van der Waals surface area contributed by atoms with Crippen LogP contribution in [0.25, 0.3) is 0 Å². The van der Waals surface area contributed by atoms with Crippen molar-refractivity contribution in [3.05, 3.63) is 47.5 Å². The highest BCUT2D eigenvalue weighted by Crippen LogP contribution is 2.32. The van der Waals surface area contributed by atoms with Gasteiger partial charge in [-0.15, -0.1) is 0 Å². The summed E-state index contributed by atoms with van der Waals surface area (Å²) in [5.41, 5.74) is 1.74. The van der Waals surface area contributed by atoms with Gasteiger partial charge in [-0.2, -0.15) is 0 Å². The molecule has 174 valence electrons. The zero-order chi connectivity index (χ0) is 23.7. The molecule has 0 fully saturated rings. The molecule has 0 amide bonds. The standard InChI is InChI=1S/C24H30O8/c1-15(25)31-13-19(9-17-5-7-21(27)23(11-17)29-3)20(14-32-16(2)26)10-18-6-8-22(28)24(12-18)30-4/h5-8,11-12,19-20,27-28H,9-10,13-14H2,1-4H3. The van der Waals surface area contributed by atoms with E-state index in [9.17, 15) is 19.8 Å². The number of rotatable bonds is 11. The van der Waals surface area contributed by atoms with Crippen LogP contribution in [0.5, 0.6) is 23.0 Å². The van der Waals surface area contributed by atoms with Gasteiger partial charge < -0.3 is 29.2 Å². The predicted molar refractivity (Wildman–Crippen MR) is 117 cm³/mol. The van der Waals surface area contributed by atoms with E-state index in [-0.39, 0.29) is 36.5 Å². The van der Waals surface area contributed by atoms with E-state index < -0.39 is 11.9 Å². The summed E-state index contributed by atoms with van der Waals surface area (Å²) < 4.78 is 21.0. The average Bonchev–Trinajstić information content (AvgIpc) is 2.76. The molecule has 32 heavy (non-hydrogen) atoms. The van der Waals surface area contributed by atoms with Gasteiger partial charge in [-0.25, -0.2) is 0 Å². The molecule has 2 unspecified atom stereocenters. The summed E-state index contributed by atoms with van der Waals surface area (Å²) in [5, 5.41) is 19.8. The highest BCUT2D eigenvalue weighted by molar-refractivity contribution is 5.66. The minimum Gasteiger partial charge on any atom is -0.504 e. The molecule has 0 saturated carbocycles. The van der Waals surface area contributed by atoms with E-state index in [2.05, 4.69) is 0 Å². The van der Waals surface area contributed by atoms with Gasteiger partial charge in [0.2, 0.25) is 0 Å². The third-order valence-electron chi connectivity index (χ3n) is 5.15. The summed E-state index contributed by atoms with van der Waals surface area (Å²) in [4.78, 5) is 23.0. The van der Waals surface area contributed by atoms with Gasteiger partial charge in [-0.3, -0.25) is 9.59 Å². The maximum Gasteiger partial charge on any atom is 0.302 e. The quantitative estimate of drug-likeness (QED) is 0.506.